The van der Waals surface area contributed by atoms with Gasteiger partial charge in [-0.25, -0.2) is 13.6 Å². The van der Waals surface area contributed by atoms with E-state index in [9.17, 15) is 106 Å². The first-order valence-electron chi connectivity index (χ1n) is 8.02. The van der Waals surface area contributed by atoms with E-state index in [2.05, 4.69) is 0 Å². The molecular formula is C13HF23O2. The zero-order chi connectivity index (χ0) is 31.6. The van der Waals surface area contributed by atoms with E-state index < -0.39 is 76.8 Å². The molecule has 1 aliphatic rings. The summed E-state index contributed by atoms with van der Waals surface area (Å²) in [6.45, 7) is 0. The van der Waals surface area contributed by atoms with Crippen molar-refractivity contribution < 1.29 is 111 Å². The highest BCUT2D eigenvalue weighted by atomic mass is 19.4. The molecule has 0 saturated heterocycles. The van der Waals surface area contributed by atoms with Crippen LogP contribution in [0.4, 0.5) is 101 Å². The quantitative estimate of drug-likeness (QED) is 0.331. The molecule has 2 unspecified atom stereocenters. The van der Waals surface area contributed by atoms with E-state index in [1.165, 1.54) is 0 Å². The Morgan fingerprint density at radius 3 is 1.05 bits per heavy atom. The summed E-state index contributed by atoms with van der Waals surface area (Å²) in [7, 11) is 0. The third kappa shape index (κ3) is 2.92. The van der Waals surface area contributed by atoms with Crippen molar-refractivity contribution >= 4 is 5.97 Å². The smallest absolute Gasteiger partial charge is 0.460 e. The molecule has 1 saturated carbocycles. The molecule has 0 aliphatic heterocycles. The van der Waals surface area contributed by atoms with Crippen LogP contribution < -0.4 is 0 Å². The third-order valence-electron chi connectivity index (χ3n) is 5.18. The fourth-order valence-corrected chi connectivity index (χ4v) is 2.91. The largest absolute Gasteiger partial charge is 0.479 e. The minimum Gasteiger partial charge on any atom is -0.479 e. The number of hydrogen-bond donors (Lipinski definition) is 1. The second-order valence-corrected chi connectivity index (χ2v) is 7.29. The first kappa shape index (κ1) is 33.9. The number of rotatable bonds is 6. The SMILES string of the molecule is O=C(O)C1(F)C(F)(F)C(F)(F)C(F)(F)C(F)(C(F)(F)C(F)(F)C(F)(F)C(F)(F)C(F)(F)C(F)(F)F)C1(F)F. The zero-order valence-electron chi connectivity index (χ0n) is 16.0. The highest BCUT2D eigenvalue weighted by Crippen LogP contribution is 2.75. The fraction of sp³-hybridized carbons (Fsp3) is 0.923. The molecule has 2 nitrogen and oxygen atoms in total. The number of halogens is 23. The standard InChI is InChI=1S/C13HF23O2/c14-2(1(37)38)4(16,17)3(15,6(20,21)8(24,25)5(2,18)19)7(22,23)9(26,27)10(28,29)11(30,31)12(32,33)13(34,35)36/h(H,37,38). The lowest BCUT2D eigenvalue weighted by Gasteiger charge is -2.56. The predicted molar refractivity (Wildman–Crippen MR) is 65.9 cm³/mol. The van der Waals surface area contributed by atoms with E-state index in [-0.39, 0.29) is 0 Å². The maximum absolute atomic E-state index is 14.5. The Labute approximate surface area is 189 Å². The van der Waals surface area contributed by atoms with Crippen molar-refractivity contribution in [1.82, 2.24) is 0 Å². The van der Waals surface area contributed by atoms with Crippen LogP contribution in [0.3, 0.4) is 0 Å². The topological polar surface area (TPSA) is 37.3 Å². The molecule has 1 rings (SSSR count). The van der Waals surface area contributed by atoms with Crippen LogP contribution in [0.5, 0.6) is 0 Å². The minimum absolute atomic E-state index is 5.08. The molecule has 0 aromatic rings. The van der Waals surface area contributed by atoms with Crippen LogP contribution in [0.15, 0.2) is 0 Å². The van der Waals surface area contributed by atoms with E-state index in [0.29, 0.717) is 0 Å². The lowest BCUT2D eigenvalue weighted by molar-refractivity contribution is -0.508. The van der Waals surface area contributed by atoms with Crippen molar-refractivity contribution in [3.8, 4) is 0 Å². The Kier molecular flexibility index (Phi) is 6.71. The summed E-state index contributed by atoms with van der Waals surface area (Å²) < 4.78 is 308. The van der Waals surface area contributed by atoms with Crippen LogP contribution in [0, 0.1) is 0 Å². The van der Waals surface area contributed by atoms with E-state index in [4.69, 9.17) is 5.11 Å². The van der Waals surface area contributed by atoms with Gasteiger partial charge >= 0.3 is 76.8 Å². The lowest BCUT2D eigenvalue weighted by Crippen LogP contribution is -2.91. The summed E-state index contributed by atoms with van der Waals surface area (Å²) >= 11 is 0. The first-order chi connectivity index (χ1) is 15.9. The maximum Gasteiger partial charge on any atom is 0.460 e. The molecule has 0 radical (unpaired) electrons. The lowest BCUT2D eigenvalue weighted by atomic mass is 9.62. The van der Waals surface area contributed by atoms with E-state index in [1.807, 2.05) is 0 Å². The maximum atomic E-state index is 14.5. The highest BCUT2D eigenvalue weighted by molar-refractivity contribution is 5.82. The van der Waals surface area contributed by atoms with Gasteiger partial charge in [-0.3, -0.25) is 0 Å². The van der Waals surface area contributed by atoms with Crippen molar-refractivity contribution in [1.29, 1.82) is 0 Å². The van der Waals surface area contributed by atoms with Crippen molar-refractivity contribution in [2.24, 2.45) is 0 Å². The Morgan fingerprint density at radius 2 is 0.763 bits per heavy atom. The molecule has 1 aliphatic carbocycles. The van der Waals surface area contributed by atoms with E-state index >= 15 is 0 Å². The van der Waals surface area contributed by atoms with Gasteiger partial charge in [0.25, 0.3) is 0 Å². The van der Waals surface area contributed by atoms with Crippen molar-refractivity contribution in [2.45, 2.75) is 70.8 Å². The van der Waals surface area contributed by atoms with Gasteiger partial charge in [0.05, 0.1) is 0 Å². The molecule has 0 aromatic carbocycles. The van der Waals surface area contributed by atoms with Gasteiger partial charge in [0, 0.05) is 0 Å². The Bertz CT molecular complexity index is 976. The molecule has 0 amide bonds. The summed E-state index contributed by atoms with van der Waals surface area (Å²) in [6.07, 6.45) is -8.19. The van der Waals surface area contributed by atoms with Crippen LogP contribution in [0.2, 0.25) is 0 Å². The summed E-state index contributed by atoms with van der Waals surface area (Å²) in [5.74, 6) is -87.0. The van der Waals surface area contributed by atoms with Gasteiger partial charge in [0.15, 0.2) is 0 Å². The van der Waals surface area contributed by atoms with Crippen molar-refractivity contribution in [2.75, 3.05) is 0 Å². The third-order valence-corrected chi connectivity index (χ3v) is 5.18. The monoisotopic (exact) mass is 626 g/mol. The Balaban J connectivity index is 4.30. The zero-order valence-corrected chi connectivity index (χ0v) is 16.0. The predicted octanol–water partition coefficient (Wildman–Crippen LogP) is 6.78. The fourth-order valence-electron chi connectivity index (χ4n) is 2.91. The van der Waals surface area contributed by atoms with Crippen molar-refractivity contribution in [3.05, 3.63) is 0 Å². The molecule has 0 bridgehead atoms. The number of hydrogen-bond acceptors (Lipinski definition) is 1. The number of carbonyl (C=O) groups is 1. The summed E-state index contributed by atoms with van der Waals surface area (Å²) in [6, 6.07) is 0. The second-order valence-electron chi connectivity index (χ2n) is 7.29. The van der Waals surface area contributed by atoms with Crippen LogP contribution in [-0.4, -0.2) is 81.9 Å². The average molecular weight is 626 g/mol. The van der Waals surface area contributed by atoms with Gasteiger partial charge < -0.3 is 5.11 Å². The molecule has 0 aromatic heterocycles. The number of carboxylic acid groups (broad SMARTS) is 1. The molecule has 0 heterocycles. The molecule has 2 atom stereocenters. The Hall–Kier alpha value is -2.14. The summed E-state index contributed by atoms with van der Waals surface area (Å²) in [4.78, 5) is 10.5. The van der Waals surface area contributed by atoms with Crippen LogP contribution in [-0.2, 0) is 4.79 Å². The molecule has 226 valence electrons. The van der Waals surface area contributed by atoms with Gasteiger partial charge in [-0.2, -0.15) is 92.2 Å². The molecule has 0 spiro atoms. The molecular weight excluding hydrogens is 625 g/mol. The van der Waals surface area contributed by atoms with Crippen LogP contribution in [0.1, 0.15) is 0 Å². The van der Waals surface area contributed by atoms with Crippen LogP contribution >= 0.6 is 0 Å². The van der Waals surface area contributed by atoms with Crippen molar-refractivity contribution in [3.63, 3.8) is 0 Å². The molecule has 1 N–H and O–H groups in total. The Morgan fingerprint density at radius 1 is 0.447 bits per heavy atom. The van der Waals surface area contributed by atoms with Gasteiger partial charge in [-0.1, -0.05) is 0 Å². The minimum atomic E-state index is -9.73. The summed E-state index contributed by atoms with van der Waals surface area (Å²) in [5.41, 5.74) is -17.8. The second kappa shape index (κ2) is 7.53. The van der Waals surface area contributed by atoms with Gasteiger partial charge in [-0.15, -0.1) is 0 Å². The number of carboxylic acids is 1. The van der Waals surface area contributed by atoms with E-state index in [1.54, 1.807) is 0 Å². The molecule has 1 fully saturated rings. The van der Waals surface area contributed by atoms with Gasteiger partial charge in [0.1, 0.15) is 0 Å². The van der Waals surface area contributed by atoms with Gasteiger partial charge in [-0.05, 0) is 0 Å². The van der Waals surface area contributed by atoms with E-state index in [0.717, 1.165) is 0 Å². The molecule has 25 heteroatoms. The average Bonchev–Trinajstić information content (AvgIpc) is 2.68. The first-order valence-corrected chi connectivity index (χ1v) is 8.02. The summed E-state index contributed by atoms with van der Waals surface area (Å²) in [5, 5.41) is 8.05. The highest BCUT2D eigenvalue weighted by Gasteiger charge is 3.09. The molecule has 38 heavy (non-hydrogen) atoms. The number of alkyl halides is 23. The normalized spacial score (nSPS) is 30.2. The van der Waals surface area contributed by atoms with Crippen LogP contribution in [0.25, 0.3) is 0 Å². The van der Waals surface area contributed by atoms with Gasteiger partial charge in [0.2, 0.25) is 0 Å². The number of aliphatic carboxylic acids is 1.